The van der Waals surface area contributed by atoms with Gasteiger partial charge in [0.25, 0.3) is 0 Å². The standard InChI is InChI=1S/C10H13ClN2O/c11-1-7-2-12-6-13(7)3-8-9-4-14-5-10(8)9/h2,6,8-10H,1,3-5H2. The van der Waals surface area contributed by atoms with E-state index in [0.717, 1.165) is 43.2 Å². The Morgan fingerprint density at radius 2 is 2.29 bits per heavy atom. The minimum atomic E-state index is 0.554. The Morgan fingerprint density at radius 3 is 3.00 bits per heavy atom. The van der Waals surface area contributed by atoms with E-state index in [1.165, 1.54) is 0 Å². The maximum atomic E-state index is 5.81. The number of aromatic nitrogens is 2. The van der Waals surface area contributed by atoms with Crippen molar-refractivity contribution in [3.8, 4) is 0 Å². The minimum Gasteiger partial charge on any atom is -0.381 e. The van der Waals surface area contributed by atoms with Crippen LogP contribution >= 0.6 is 11.6 Å². The molecule has 0 bridgehead atoms. The first-order valence-electron chi connectivity index (χ1n) is 5.03. The summed E-state index contributed by atoms with van der Waals surface area (Å²) in [5, 5.41) is 0. The molecule has 2 unspecified atom stereocenters. The quantitative estimate of drug-likeness (QED) is 0.711. The largest absolute Gasteiger partial charge is 0.381 e. The molecule has 1 saturated carbocycles. The number of ether oxygens (including phenoxy) is 1. The van der Waals surface area contributed by atoms with Gasteiger partial charge in [0.15, 0.2) is 0 Å². The molecule has 1 saturated heterocycles. The zero-order valence-electron chi connectivity index (χ0n) is 7.90. The highest BCUT2D eigenvalue weighted by molar-refractivity contribution is 6.16. The van der Waals surface area contributed by atoms with Gasteiger partial charge >= 0.3 is 0 Å². The summed E-state index contributed by atoms with van der Waals surface area (Å²) >= 11 is 5.81. The molecule has 1 aromatic rings. The molecule has 0 aromatic carbocycles. The predicted molar refractivity (Wildman–Crippen MR) is 53.1 cm³/mol. The van der Waals surface area contributed by atoms with Crippen molar-refractivity contribution in [2.24, 2.45) is 17.8 Å². The molecule has 0 N–H and O–H groups in total. The highest BCUT2D eigenvalue weighted by atomic mass is 35.5. The van der Waals surface area contributed by atoms with E-state index in [4.69, 9.17) is 16.3 Å². The van der Waals surface area contributed by atoms with E-state index in [9.17, 15) is 0 Å². The topological polar surface area (TPSA) is 27.1 Å². The summed E-state index contributed by atoms with van der Waals surface area (Å²) in [5.74, 6) is 2.97. The number of hydrogen-bond acceptors (Lipinski definition) is 2. The van der Waals surface area contributed by atoms with Crippen molar-refractivity contribution < 1.29 is 4.74 Å². The van der Waals surface area contributed by atoms with Crippen molar-refractivity contribution >= 4 is 11.6 Å². The summed E-state index contributed by atoms with van der Waals surface area (Å²) in [4.78, 5) is 4.11. The molecule has 0 spiro atoms. The van der Waals surface area contributed by atoms with E-state index in [1.807, 2.05) is 12.5 Å². The zero-order chi connectivity index (χ0) is 9.54. The van der Waals surface area contributed by atoms with Crippen molar-refractivity contribution in [1.82, 2.24) is 9.55 Å². The first-order chi connectivity index (χ1) is 6.90. The van der Waals surface area contributed by atoms with Gasteiger partial charge in [-0.3, -0.25) is 0 Å². The average molecular weight is 213 g/mol. The van der Waals surface area contributed by atoms with Gasteiger partial charge in [0.2, 0.25) is 0 Å². The van der Waals surface area contributed by atoms with E-state index in [0.29, 0.717) is 5.88 Å². The van der Waals surface area contributed by atoms with Crippen LogP contribution in [-0.2, 0) is 17.2 Å². The van der Waals surface area contributed by atoms with Gasteiger partial charge in [-0.15, -0.1) is 11.6 Å². The van der Waals surface area contributed by atoms with Crippen LogP contribution in [0.4, 0.5) is 0 Å². The molecule has 2 aliphatic rings. The molecule has 0 amide bonds. The fraction of sp³-hybridized carbons (Fsp3) is 0.700. The smallest absolute Gasteiger partial charge is 0.0948 e. The maximum Gasteiger partial charge on any atom is 0.0948 e. The first kappa shape index (κ1) is 8.74. The van der Waals surface area contributed by atoms with Crippen molar-refractivity contribution in [3.63, 3.8) is 0 Å². The Kier molecular flexibility index (Phi) is 2.03. The van der Waals surface area contributed by atoms with E-state index in [1.54, 1.807) is 0 Å². The van der Waals surface area contributed by atoms with Crippen LogP contribution in [0.15, 0.2) is 12.5 Å². The molecule has 0 radical (unpaired) electrons. The van der Waals surface area contributed by atoms with Gasteiger partial charge in [0.05, 0.1) is 31.1 Å². The summed E-state index contributed by atoms with van der Waals surface area (Å²) in [5.41, 5.74) is 1.12. The minimum absolute atomic E-state index is 0.554. The van der Waals surface area contributed by atoms with Gasteiger partial charge in [-0.2, -0.15) is 0 Å². The lowest BCUT2D eigenvalue weighted by Crippen LogP contribution is -2.08. The Labute approximate surface area is 88.0 Å². The van der Waals surface area contributed by atoms with Crippen molar-refractivity contribution in [1.29, 1.82) is 0 Å². The second-order valence-corrected chi connectivity index (χ2v) is 4.47. The lowest BCUT2D eigenvalue weighted by molar-refractivity contribution is 0.148. The Morgan fingerprint density at radius 1 is 1.50 bits per heavy atom. The van der Waals surface area contributed by atoms with Crippen LogP contribution in [0.5, 0.6) is 0 Å². The Bertz CT molecular complexity index is 329. The normalized spacial score (nSPS) is 34.5. The number of hydrogen-bond donors (Lipinski definition) is 0. The molecule has 2 atom stereocenters. The monoisotopic (exact) mass is 212 g/mol. The van der Waals surface area contributed by atoms with E-state index in [2.05, 4.69) is 9.55 Å². The molecule has 1 aromatic heterocycles. The van der Waals surface area contributed by atoms with Gasteiger partial charge in [-0.1, -0.05) is 0 Å². The molecule has 2 heterocycles. The molecule has 1 aliphatic heterocycles. The summed E-state index contributed by atoms with van der Waals surface area (Å²) < 4.78 is 7.54. The lowest BCUT2D eigenvalue weighted by Gasteiger charge is -2.07. The second-order valence-electron chi connectivity index (χ2n) is 4.20. The van der Waals surface area contributed by atoms with Crippen LogP contribution in [-0.4, -0.2) is 22.8 Å². The van der Waals surface area contributed by atoms with E-state index < -0.39 is 0 Å². The third-order valence-corrected chi connectivity index (χ3v) is 3.75. The average Bonchev–Trinajstić information content (AvgIpc) is 2.62. The predicted octanol–water partition coefficient (Wildman–Crippen LogP) is 1.51. The fourth-order valence-corrected chi connectivity index (χ4v) is 2.70. The van der Waals surface area contributed by atoms with Crippen LogP contribution in [0.1, 0.15) is 5.69 Å². The third-order valence-electron chi connectivity index (χ3n) is 3.47. The van der Waals surface area contributed by atoms with E-state index >= 15 is 0 Å². The van der Waals surface area contributed by atoms with Crippen molar-refractivity contribution in [2.45, 2.75) is 12.4 Å². The molecule has 3 rings (SSSR count). The molecule has 2 fully saturated rings. The first-order valence-corrected chi connectivity index (χ1v) is 5.56. The molecule has 76 valence electrons. The molecular formula is C10H13ClN2O. The third kappa shape index (κ3) is 1.27. The van der Waals surface area contributed by atoms with Crippen LogP contribution in [0, 0.1) is 17.8 Å². The lowest BCUT2D eigenvalue weighted by atomic mass is 10.3. The second kappa shape index (κ2) is 3.24. The highest BCUT2D eigenvalue weighted by Crippen LogP contribution is 2.51. The van der Waals surface area contributed by atoms with Crippen LogP contribution in [0.25, 0.3) is 0 Å². The molecule has 14 heavy (non-hydrogen) atoms. The zero-order valence-corrected chi connectivity index (χ0v) is 8.65. The van der Waals surface area contributed by atoms with Crippen molar-refractivity contribution in [2.75, 3.05) is 13.2 Å². The van der Waals surface area contributed by atoms with Crippen LogP contribution in [0.2, 0.25) is 0 Å². The number of nitrogens with zero attached hydrogens (tertiary/aromatic N) is 2. The van der Waals surface area contributed by atoms with Gasteiger partial charge in [0.1, 0.15) is 0 Å². The maximum absolute atomic E-state index is 5.81. The molecular weight excluding hydrogens is 200 g/mol. The number of alkyl halides is 1. The summed E-state index contributed by atoms with van der Waals surface area (Å²) in [6.07, 6.45) is 3.73. The molecule has 1 aliphatic carbocycles. The SMILES string of the molecule is ClCc1cncn1CC1C2COCC21. The molecule has 4 heteroatoms. The van der Waals surface area contributed by atoms with Gasteiger partial charge < -0.3 is 9.30 Å². The Hall–Kier alpha value is -0.540. The molecule has 3 nitrogen and oxygen atoms in total. The highest BCUT2D eigenvalue weighted by Gasteiger charge is 2.53. The van der Waals surface area contributed by atoms with E-state index in [-0.39, 0.29) is 0 Å². The summed E-state index contributed by atoms with van der Waals surface area (Å²) in [6, 6.07) is 0. The fourth-order valence-electron chi connectivity index (χ4n) is 2.48. The van der Waals surface area contributed by atoms with Gasteiger partial charge in [0, 0.05) is 12.7 Å². The number of fused-ring (bicyclic) bond motifs is 1. The number of imidazole rings is 1. The van der Waals surface area contributed by atoms with Gasteiger partial charge in [-0.05, 0) is 17.8 Å². The summed E-state index contributed by atoms with van der Waals surface area (Å²) in [6.45, 7) is 2.99. The summed E-state index contributed by atoms with van der Waals surface area (Å²) in [7, 11) is 0. The van der Waals surface area contributed by atoms with Crippen molar-refractivity contribution in [3.05, 3.63) is 18.2 Å². The number of halogens is 1. The van der Waals surface area contributed by atoms with Crippen LogP contribution in [0.3, 0.4) is 0 Å². The van der Waals surface area contributed by atoms with Gasteiger partial charge in [-0.25, -0.2) is 4.98 Å². The number of rotatable bonds is 3. The van der Waals surface area contributed by atoms with Crippen LogP contribution < -0.4 is 0 Å². The Balaban J connectivity index is 1.68.